The molecule has 0 aliphatic heterocycles. The first kappa shape index (κ1) is 12.9. The normalized spacial score (nSPS) is 23.4. The highest BCUT2D eigenvalue weighted by Crippen LogP contribution is 2.38. The molecule has 1 fully saturated rings. The van der Waals surface area contributed by atoms with Gasteiger partial charge in [0.15, 0.2) is 0 Å². The number of hydrogen-bond donors (Lipinski definition) is 1. The van der Waals surface area contributed by atoms with Crippen molar-refractivity contribution in [3.63, 3.8) is 0 Å². The van der Waals surface area contributed by atoms with Gasteiger partial charge in [0.2, 0.25) is 0 Å². The molecule has 0 saturated heterocycles. The van der Waals surface area contributed by atoms with E-state index in [1.54, 1.807) is 0 Å². The Balaban J connectivity index is 2.16. The zero-order valence-electron chi connectivity index (χ0n) is 11.0. The summed E-state index contributed by atoms with van der Waals surface area (Å²) in [7, 11) is 0. The van der Waals surface area contributed by atoms with Crippen LogP contribution in [0.5, 0.6) is 0 Å². The van der Waals surface area contributed by atoms with Crippen LogP contribution in [0.15, 0.2) is 22.7 Å². The van der Waals surface area contributed by atoms with E-state index in [2.05, 4.69) is 60.2 Å². The van der Waals surface area contributed by atoms with Crippen molar-refractivity contribution in [2.45, 2.75) is 52.5 Å². The van der Waals surface area contributed by atoms with Gasteiger partial charge in [0, 0.05) is 16.2 Å². The second kappa shape index (κ2) is 5.01. The first-order chi connectivity index (χ1) is 7.99. The smallest absolute Gasteiger partial charge is 0.0383 e. The second-order valence-corrected chi connectivity index (χ2v) is 6.81. The molecule has 1 saturated carbocycles. The van der Waals surface area contributed by atoms with Gasteiger partial charge in [0.05, 0.1) is 0 Å². The van der Waals surface area contributed by atoms with Gasteiger partial charge in [0.1, 0.15) is 0 Å². The fourth-order valence-corrected chi connectivity index (χ4v) is 3.06. The predicted molar refractivity (Wildman–Crippen MR) is 78.5 cm³/mol. The lowest BCUT2D eigenvalue weighted by Gasteiger charge is -2.40. The van der Waals surface area contributed by atoms with Gasteiger partial charge in [-0.1, -0.05) is 48.7 Å². The number of nitrogens with one attached hydrogen (secondary N) is 1. The minimum absolute atomic E-state index is 0.410. The first-order valence-corrected chi connectivity index (χ1v) is 7.31. The molecule has 1 aromatic rings. The number of rotatable bonds is 2. The summed E-state index contributed by atoms with van der Waals surface area (Å²) in [5.41, 5.74) is 3.02. The molecule has 94 valence electrons. The molecule has 1 aliphatic rings. The van der Waals surface area contributed by atoms with Crippen LogP contribution >= 0.6 is 15.9 Å². The molecule has 1 N–H and O–H groups in total. The van der Waals surface area contributed by atoms with Crippen LogP contribution in [0, 0.1) is 12.3 Å². The summed E-state index contributed by atoms with van der Waals surface area (Å²) in [5, 5.41) is 3.75. The molecule has 0 amide bonds. The molecule has 1 aliphatic carbocycles. The van der Waals surface area contributed by atoms with Crippen molar-refractivity contribution in [3.05, 3.63) is 28.2 Å². The number of anilines is 1. The van der Waals surface area contributed by atoms with Crippen molar-refractivity contribution < 1.29 is 0 Å². The van der Waals surface area contributed by atoms with Crippen LogP contribution in [0.1, 0.15) is 45.1 Å². The third-order valence-corrected chi connectivity index (χ3v) is 4.53. The van der Waals surface area contributed by atoms with Gasteiger partial charge in [-0.15, -0.1) is 0 Å². The van der Waals surface area contributed by atoms with Crippen molar-refractivity contribution in [2.75, 3.05) is 5.32 Å². The molecule has 1 atom stereocenters. The van der Waals surface area contributed by atoms with E-state index in [1.165, 1.54) is 36.9 Å². The molecular formula is C15H22BrN. The largest absolute Gasteiger partial charge is 0.382 e. The Kier molecular flexibility index (Phi) is 3.82. The third kappa shape index (κ3) is 3.04. The minimum atomic E-state index is 0.410. The zero-order valence-corrected chi connectivity index (χ0v) is 12.6. The molecule has 2 heteroatoms. The summed E-state index contributed by atoms with van der Waals surface area (Å²) >= 11 is 3.55. The lowest BCUT2D eigenvalue weighted by Crippen LogP contribution is -2.39. The maximum atomic E-state index is 3.75. The van der Waals surface area contributed by atoms with Gasteiger partial charge in [-0.3, -0.25) is 0 Å². The van der Waals surface area contributed by atoms with E-state index in [0.717, 1.165) is 4.47 Å². The number of halogens is 1. The number of benzene rings is 1. The predicted octanol–water partition coefficient (Wildman–Crippen LogP) is 5.14. The lowest BCUT2D eigenvalue weighted by molar-refractivity contribution is 0.217. The van der Waals surface area contributed by atoms with Crippen molar-refractivity contribution in [1.29, 1.82) is 0 Å². The van der Waals surface area contributed by atoms with Gasteiger partial charge >= 0.3 is 0 Å². The van der Waals surface area contributed by atoms with Gasteiger partial charge in [-0.2, -0.15) is 0 Å². The van der Waals surface area contributed by atoms with Crippen molar-refractivity contribution in [1.82, 2.24) is 0 Å². The Morgan fingerprint density at radius 1 is 1.29 bits per heavy atom. The van der Waals surface area contributed by atoms with E-state index in [0.29, 0.717) is 11.5 Å². The highest BCUT2D eigenvalue weighted by Gasteiger charge is 2.32. The maximum Gasteiger partial charge on any atom is 0.0383 e. The van der Waals surface area contributed by atoms with E-state index in [1.807, 2.05) is 0 Å². The lowest BCUT2D eigenvalue weighted by atomic mass is 9.73. The Bertz CT molecular complexity index is 398. The molecule has 0 spiro atoms. The summed E-state index contributed by atoms with van der Waals surface area (Å²) in [6.07, 6.45) is 5.35. The molecule has 1 unspecified atom stereocenters. The van der Waals surface area contributed by atoms with Crippen LogP contribution in [0.4, 0.5) is 5.69 Å². The molecular weight excluding hydrogens is 274 g/mol. The van der Waals surface area contributed by atoms with E-state index in [-0.39, 0.29) is 0 Å². The average molecular weight is 296 g/mol. The van der Waals surface area contributed by atoms with Crippen molar-refractivity contribution in [3.8, 4) is 0 Å². The molecule has 2 rings (SSSR count). The molecule has 0 bridgehead atoms. The highest BCUT2D eigenvalue weighted by molar-refractivity contribution is 9.10. The van der Waals surface area contributed by atoms with Crippen molar-refractivity contribution >= 4 is 21.6 Å². The molecule has 0 radical (unpaired) electrons. The summed E-state index contributed by atoms with van der Waals surface area (Å²) in [6, 6.07) is 7.07. The van der Waals surface area contributed by atoms with Crippen LogP contribution in [0.2, 0.25) is 0 Å². The molecule has 1 aromatic carbocycles. The van der Waals surface area contributed by atoms with Crippen molar-refractivity contribution in [2.24, 2.45) is 5.41 Å². The summed E-state index contributed by atoms with van der Waals surface area (Å²) in [5.74, 6) is 0. The summed E-state index contributed by atoms with van der Waals surface area (Å²) in [4.78, 5) is 0. The topological polar surface area (TPSA) is 12.0 Å². The SMILES string of the molecule is Cc1ccc(Br)cc1NC1CCCCC1(C)C. The fourth-order valence-electron chi connectivity index (χ4n) is 2.70. The van der Waals surface area contributed by atoms with E-state index in [4.69, 9.17) is 0 Å². The van der Waals surface area contributed by atoms with Crippen LogP contribution in [0.3, 0.4) is 0 Å². The molecule has 17 heavy (non-hydrogen) atoms. The van der Waals surface area contributed by atoms with E-state index in [9.17, 15) is 0 Å². The number of aryl methyl sites for hydroxylation is 1. The van der Waals surface area contributed by atoms with Gasteiger partial charge < -0.3 is 5.32 Å². The zero-order chi connectivity index (χ0) is 12.5. The Morgan fingerprint density at radius 2 is 2.06 bits per heavy atom. The van der Waals surface area contributed by atoms with Crippen LogP contribution in [-0.2, 0) is 0 Å². The Labute approximate surface area is 113 Å². The number of hydrogen-bond acceptors (Lipinski definition) is 1. The molecule has 0 heterocycles. The van der Waals surface area contributed by atoms with Crippen LogP contribution in [-0.4, -0.2) is 6.04 Å². The van der Waals surface area contributed by atoms with Crippen LogP contribution < -0.4 is 5.32 Å². The minimum Gasteiger partial charge on any atom is -0.382 e. The standard InChI is InChI=1S/C15H22BrN/c1-11-7-8-12(16)10-13(11)17-14-6-4-5-9-15(14,2)3/h7-8,10,14,17H,4-6,9H2,1-3H3. The van der Waals surface area contributed by atoms with Gasteiger partial charge in [-0.25, -0.2) is 0 Å². The Morgan fingerprint density at radius 3 is 2.76 bits per heavy atom. The molecule has 0 aromatic heterocycles. The first-order valence-electron chi connectivity index (χ1n) is 6.52. The summed E-state index contributed by atoms with van der Waals surface area (Å²) in [6.45, 7) is 6.94. The fraction of sp³-hybridized carbons (Fsp3) is 0.600. The van der Waals surface area contributed by atoms with E-state index < -0.39 is 0 Å². The third-order valence-electron chi connectivity index (χ3n) is 4.04. The highest BCUT2D eigenvalue weighted by atomic mass is 79.9. The quantitative estimate of drug-likeness (QED) is 0.797. The van der Waals surface area contributed by atoms with Crippen LogP contribution in [0.25, 0.3) is 0 Å². The van der Waals surface area contributed by atoms with Gasteiger partial charge in [0.25, 0.3) is 0 Å². The van der Waals surface area contributed by atoms with Gasteiger partial charge in [-0.05, 0) is 42.9 Å². The summed E-state index contributed by atoms with van der Waals surface area (Å²) < 4.78 is 1.15. The maximum absolute atomic E-state index is 3.75. The Hall–Kier alpha value is -0.500. The monoisotopic (exact) mass is 295 g/mol. The second-order valence-electron chi connectivity index (χ2n) is 5.89. The van der Waals surface area contributed by atoms with E-state index >= 15 is 0 Å². The average Bonchev–Trinajstić information content (AvgIpc) is 2.26. The molecule has 1 nitrogen and oxygen atoms in total.